The average Bonchev–Trinajstić information content (AvgIpc) is 3.19. The molecule has 178 valence electrons. The van der Waals surface area contributed by atoms with Crippen LogP contribution >= 0.6 is 0 Å². The molecule has 0 radical (unpaired) electrons. The van der Waals surface area contributed by atoms with Gasteiger partial charge in [-0.25, -0.2) is 8.78 Å². The van der Waals surface area contributed by atoms with E-state index in [2.05, 4.69) is 5.32 Å². The number of aliphatic carboxylic acids is 1. The van der Waals surface area contributed by atoms with Gasteiger partial charge in [-0.15, -0.1) is 0 Å². The van der Waals surface area contributed by atoms with Crippen molar-refractivity contribution in [1.29, 1.82) is 0 Å². The van der Waals surface area contributed by atoms with Gasteiger partial charge in [-0.3, -0.25) is 9.59 Å². The fraction of sp³-hybridized carbons (Fsp3) is 0.286. The molecule has 35 heavy (non-hydrogen) atoms. The maximum Gasteiger partial charge on any atom is 0.306 e. The Labute approximate surface area is 200 Å². The number of carbonyl (C=O) groups is 2. The zero-order valence-corrected chi connectivity index (χ0v) is 18.9. The highest BCUT2D eigenvalue weighted by molar-refractivity contribution is 6.06. The van der Waals surface area contributed by atoms with Gasteiger partial charge in [-0.2, -0.15) is 0 Å². The number of carboxylic acids is 1. The Hall–Kier alpha value is -3.74. The van der Waals surface area contributed by atoms with E-state index >= 15 is 0 Å². The predicted octanol–water partition coefficient (Wildman–Crippen LogP) is 5.49. The molecule has 4 aromatic rings. The Morgan fingerprint density at radius 2 is 1.71 bits per heavy atom. The molecule has 1 spiro atoms. The molecule has 3 aromatic carbocycles. The zero-order valence-electron chi connectivity index (χ0n) is 18.9. The Balaban J connectivity index is 1.23. The van der Waals surface area contributed by atoms with E-state index in [-0.39, 0.29) is 34.9 Å². The van der Waals surface area contributed by atoms with Gasteiger partial charge in [0.2, 0.25) is 0 Å². The largest absolute Gasteiger partial charge is 0.481 e. The number of benzene rings is 3. The maximum absolute atomic E-state index is 14.6. The van der Waals surface area contributed by atoms with Crippen LogP contribution in [0.3, 0.4) is 0 Å². The van der Waals surface area contributed by atoms with Crippen molar-refractivity contribution in [3.05, 3.63) is 83.6 Å². The van der Waals surface area contributed by atoms with Crippen LogP contribution in [0.4, 0.5) is 8.78 Å². The number of halogens is 2. The summed E-state index contributed by atoms with van der Waals surface area (Å²) in [6, 6.07) is 14.9. The molecule has 7 heteroatoms. The first kappa shape index (κ1) is 21.8. The molecular formula is C28H24F2N2O3. The van der Waals surface area contributed by atoms with Crippen LogP contribution in [0.5, 0.6) is 0 Å². The van der Waals surface area contributed by atoms with Crippen LogP contribution in [0.2, 0.25) is 0 Å². The molecule has 2 N–H and O–H groups in total. The summed E-state index contributed by atoms with van der Waals surface area (Å²) in [4.78, 5) is 24.3. The second-order valence-electron chi connectivity index (χ2n) is 10.1. The molecule has 0 saturated heterocycles. The number of fused-ring (bicyclic) bond motifs is 2. The van der Waals surface area contributed by atoms with Crippen LogP contribution in [0, 0.1) is 23.0 Å². The van der Waals surface area contributed by atoms with Crippen LogP contribution in [0.1, 0.15) is 41.6 Å². The van der Waals surface area contributed by atoms with Gasteiger partial charge < -0.3 is 15.0 Å². The number of aromatic nitrogens is 1. The van der Waals surface area contributed by atoms with Crippen molar-refractivity contribution in [2.24, 2.45) is 11.3 Å². The number of hydrogen-bond donors (Lipinski definition) is 2. The van der Waals surface area contributed by atoms with Crippen LogP contribution in [0.15, 0.2) is 60.8 Å². The molecule has 1 aromatic heterocycles. The van der Waals surface area contributed by atoms with Crippen molar-refractivity contribution in [3.63, 3.8) is 0 Å². The number of nitrogens with zero attached hydrogens (tertiary/aromatic N) is 1. The molecule has 2 fully saturated rings. The monoisotopic (exact) mass is 474 g/mol. The highest BCUT2D eigenvalue weighted by Gasteiger charge is 2.55. The Kier molecular flexibility index (Phi) is 4.91. The van der Waals surface area contributed by atoms with E-state index in [0.29, 0.717) is 35.9 Å². The lowest BCUT2D eigenvalue weighted by molar-refractivity contribution is -0.155. The fourth-order valence-corrected chi connectivity index (χ4v) is 6.01. The standard InChI is InChI=1S/C28H24F2N2O3/c29-20-4-3-17-9-16(1-2-18(17)10-20)15-32-8-7-22-24(30)6-5-23(25(22)32)26(33)31-21-13-28(14-21)11-19(12-28)27(34)35/h1-10,19,21H,11-15H2,(H,31,33)(H,34,35). The molecule has 1 heterocycles. The van der Waals surface area contributed by atoms with Crippen LogP contribution in [0.25, 0.3) is 21.7 Å². The minimum atomic E-state index is -0.740. The first-order valence-corrected chi connectivity index (χ1v) is 11.8. The van der Waals surface area contributed by atoms with E-state index in [1.807, 2.05) is 22.8 Å². The molecule has 0 atom stereocenters. The molecule has 0 aliphatic heterocycles. The van der Waals surface area contributed by atoms with Crippen LogP contribution < -0.4 is 5.32 Å². The first-order valence-electron chi connectivity index (χ1n) is 11.8. The van der Waals surface area contributed by atoms with Gasteiger partial charge in [-0.05, 0) is 83.8 Å². The number of hydrogen-bond acceptors (Lipinski definition) is 2. The quantitative estimate of drug-likeness (QED) is 0.402. The predicted molar refractivity (Wildman–Crippen MR) is 128 cm³/mol. The highest BCUT2D eigenvalue weighted by Crippen LogP contribution is 2.58. The van der Waals surface area contributed by atoms with E-state index in [1.54, 1.807) is 18.3 Å². The van der Waals surface area contributed by atoms with Crippen molar-refractivity contribution in [2.45, 2.75) is 38.3 Å². The summed E-state index contributed by atoms with van der Waals surface area (Å²) in [6.45, 7) is 0.434. The second-order valence-corrected chi connectivity index (χ2v) is 10.1. The first-order chi connectivity index (χ1) is 16.8. The van der Waals surface area contributed by atoms with E-state index in [1.165, 1.54) is 24.3 Å². The van der Waals surface area contributed by atoms with E-state index in [4.69, 9.17) is 5.11 Å². The molecule has 1 amide bonds. The summed E-state index contributed by atoms with van der Waals surface area (Å²) in [5.41, 5.74) is 1.95. The number of carbonyl (C=O) groups excluding carboxylic acids is 1. The molecule has 2 saturated carbocycles. The molecule has 2 aliphatic carbocycles. The van der Waals surface area contributed by atoms with E-state index in [0.717, 1.165) is 29.2 Å². The molecular weight excluding hydrogens is 450 g/mol. The van der Waals surface area contributed by atoms with Crippen LogP contribution in [-0.4, -0.2) is 27.6 Å². The zero-order chi connectivity index (χ0) is 24.3. The van der Waals surface area contributed by atoms with Crippen molar-refractivity contribution >= 4 is 33.6 Å². The number of carboxylic acid groups (broad SMARTS) is 1. The maximum atomic E-state index is 14.6. The number of rotatable bonds is 5. The Morgan fingerprint density at radius 3 is 2.49 bits per heavy atom. The van der Waals surface area contributed by atoms with Crippen molar-refractivity contribution in [2.75, 3.05) is 0 Å². The Morgan fingerprint density at radius 1 is 0.971 bits per heavy atom. The van der Waals surface area contributed by atoms with E-state index in [9.17, 15) is 18.4 Å². The fourth-order valence-electron chi connectivity index (χ4n) is 6.01. The molecule has 2 aliphatic rings. The third kappa shape index (κ3) is 3.75. The van der Waals surface area contributed by atoms with Gasteiger partial charge >= 0.3 is 5.97 Å². The summed E-state index contributed by atoms with van der Waals surface area (Å²) in [5.74, 6) is -1.93. The molecule has 6 rings (SSSR count). The molecule has 0 unspecified atom stereocenters. The lowest BCUT2D eigenvalue weighted by Crippen LogP contribution is -2.57. The van der Waals surface area contributed by atoms with Gasteiger partial charge in [0.15, 0.2) is 0 Å². The summed E-state index contributed by atoms with van der Waals surface area (Å²) in [7, 11) is 0. The lowest BCUT2D eigenvalue weighted by Gasteiger charge is -2.56. The van der Waals surface area contributed by atoms with Gasteiger partial charge in [0, 0.05) is 24.2 Å². The van der Waals surface area contributed by atoms with Crippen molar-refractivity contribution in [1.82, 2.24) is 9.88 Å². The summed E-state index contributed by atoms with van der Waals surface area (Å²) in [6.07, 6.45) is 4.70. The minimum Gasteiger partial charge on any atom is -0.481 e. The SMILES string of the molecule is O=C(NC1CC2(C1)CC(C(=O)O)C2)c1ccc(F)c2ccn(Cc3ccc4cc(F)ccc4c3)c12. The molecule has 5 nitrogen and oxygen atoms in total. The average molecular weight is 475 g/mol. The van der Waals surface area contributed by atoms with Gasteiger partial charge in [0.05, 0.1) is 17.0 Å². The molecule has 0 bridgehead atoms. The van der Waals surface area contributed by atoms with Crippen molar-refractivity contribution < 1.29 is 23.5 Å². The second kappa shape index (κ2) is 7.90. The Bertz CT molecular complexity index is 1500. The number of nitrogens with one attached hydrogen (secondary N) is 1. The summed E-state index contributed by atoms with van der Waals surface area (Å²) < 4.78 is 30.0. The topological polar surface area (TPSA) is 71.3 Å². The van der Waals surface area contributed by atoms with E-state index < -0.39 is 5.97 Å². The summed E-state index contributed by atoms with van der Waals surface area (Å²) >= 11 is 0. The third-order valence-corrected chi connectivity index (χ3v) is 7.74. The van der Waals surface area contributed by atoms with Gasteiger partial charge in [0.25, 0.3) is 5.91 Å². The third-order valence-electron chi connectivity index (χ3n) is 7.74. The lowest BCUT2D eigenvalue weighted by atomic mass is 9.50. The van der Waals surface area contributed by atoms with Crippen LogP contribution in [-0.2, 0) is 11.3 Å². The summed E-state index contributed by atoms with van der Waals surface area (Å²) in [5, 5.41) is 14.3. The van der Waals surface area contributed by atoms with Gasteiger partial charge in [0.1, 0.15) is 11.6 Å². The van der Waals surface area contributed by atoms with Gasteiger partial charge in [-0.1, -0.05) is 18.2 Å². The normalized spacial score (nSPS) is 23.3. The minimum absolute atomic E-state index is 0.00152. The smallest absolute Gasteiger partial charge is 0.306 e. The van der Waals surface area contributed by atoms with Crippen molar-refractivity contribution in [3.8, 4) is 0 Å². The highest BCUT2D eigenvalue weighted by atomic mass is 19.1. The number of amides is 1.